The summed E-state index contributed by atoms with van der Waals surface area (Å²) >= 11 is 0. The third-order valence-electron chi connectivity index (χ3n) is 3.89. The van der Waals surface area contributed by atoms with Gasteiger partial charge in [-0.2, -0.15) is 0 Å². The number of hydrogen-bond donors (Lipinski definition) is 1. The summed E-state index contributed by atoms with van der Waals surface area (Å²) in [7, 11) is 0. The number of fused-ring (bicyclic) bond motifs is 1. The summed E-state index contributed by atoms with van der Waals surface area (Å²) in [5.41, 5.74) is 1.42. The Labute approximate surface area is 119 Å². The van der Waals surface area contributed by atoms with Crippen LogP contribution < -0.4 is 0 Å². The molecule has 0 radical (unpaired) electrons. The molecule has 2 rings (SSSR count). The highest BCUT2D eigenvalue weighted by atomic mass is 19.1. The standard InChI is InChI=1S/C17H21FO2/c1-2-3-4-5-6-8-12-11-14-13(17(20)16(12)19)9-7-10-15(14)18/h7,9-10,19H,2-6,8,11H2,1H3. The van der Waals surface area contributed by atoms with Gasteiger partial charge in [0, 0.05) is 17.5 Å². The first-order valence-corrected chi connectivity index (χ1v) is 7.38. The van der Waals surface area contributed by atoms with E-state index >= 15 is 0 Å². The van der Waals surface area contributed by atoms with Gasteiger partial charge in [0.2, 0.25) is 5.78 Å². The molecule has 0 heterocycles. The van der Waals surface area contributed by atoms with Crippen LogP contribution in [-0.4, -0.2) is 10.9 Å². The Hall–Kier alpha value is -1.64. The van der Waals surface area contributed by atoms with Gasteiger partial charge in [-0.05, 0) is 24.5 Å². The molecular formula is C17H21FO2. The van der Waals surface area contributed by atoms with Gasteiger partial charge in [-0.25, -0.2) is 4.39 Å². The van der Waals surface area contributed by atoms with Gasteiger partial charge in [-0.3, -0.25) is 4.79 Å². The first-order chi connectivity index (χ1) is 9.65. The van der Waals surface area contributed by atoms with Gasteiger partial charge >= 0.3 is 0 Å². The second-order valence-electron chi connectivity index (χ2n) is 5.39. The van der Waals surface area contributed by atoms with Crippen molar-refractivity contribution in [3.63, 3.8) is 0 Å². The lowest BCUT2D eigenvalue weighted by Gasteiger charge is -2.19. The number of carbonyl (C=O) groups excluding carboxylic acids is 1. The topological polar surface area (TPSA) is 37.3 Å². The minimum atomic E-state index is -0.436. The molecule has 0 bridgehead atoms. The zero-order valence-electron chi connectivity index (χ0n) is 11.9. The van der Waals surface area contributed by atoms with Gasteiger partial charge < -0.3 is 5.11 Å². The zero-order valence-corrected chi connectivity index (χ0v) is 11.9. The smallest absolute Gasteiger partial charge is 0.227 e. The summed E-state index contributed by atoms with van der Waals surface area (Å²) in [5.74, 6) is -0.959. The summed E-state index contributed by atoms with van der Waals surface area (Å²) in [6, 6.07) is 4.46. The first-order valence-electron chi connectivity index (χ1n) is 7.38. The Morgan fingerprint density at radius 3 is 2.70 bits per heavy atom. The number of hydrogen-bond acceptors (Lipinski definition) is 2. The average Bonchev–Trinajstić information content (AvgIpc) is 2.45. The van der Waals surface area contributed by atoms with E-state index in [1.807, 2.05) is 0 Å². The van der Waals surface area contributed by atoms with Crippen LogP contribution in [0.1, 0.15) is 61.4 Å². The van der Waals surface area contributed by atoms with Gasteiger partial charge in [0.15, 0.2) is 5.76 Å². The number of unbranched alkanes of at least 4 members (excludes halogenated alkanes) is 4. The van der Waals surface area contributed by atoms with Crippen molar-refractivity contribution in [3.8, 4) is 0 Å². The molecule has 0 fully saturated rings. The van der Waals surface area contributed by atoms with Crippen LogP contribution >= 0.6 is 0 Å². The quantitative estimate of drug-likeness (QED) is 0.762. The number of allylic oxidation sites excluding steroid dienone is 2. The average molecular weight is 276 g/mol. The van der Waals surface area contributed by atoms with Crippen LogP contribution in [0.2, 0.25) is 0 Å². The van der Waals surface area contributed by atoms with E-state index in [0.29, 0.717) is 29.5 Å². The second kappa shape index (κ2) is 6.69. The molecule has 0 saturated carbocycles. The lowest BCUT2D eigenvalue weighted by atomic mass is 9.86. The third-order valence-corrected chi connectivity index (χ3v) is 3.89. The van der Waals surface area contributed by atoms with E-state index in [1.54, 1.807) is 6.07 Å². The molecule has 0 aliphatic heterocycles. The molecule has 20 heavy (non-hydrogen) atoms. The largest absolute Gasteiger partial charge is 0.504 e. The number of rotatable bonds is 6. The number of Topliss-reactive ketones (excluding diaryl/α,β-unsaturated/α-hetero) is 1. The molecule has 0 saturated heterocycles. The number of carbonyl (C=O) groups is 1. The van der Waals surface area contributed by atoms with Crippen molar-refractivity contribution in [3.05, 3.63) is 46.5 Å². The van der Waals surface area contributed by atoms with Crippen molar-refractivity contribution in [1.82, 2.24) is 0 Å². The van der Waals surface area contributed by atoms with Crippen molar-refractivity contribution >= 4 is 5.78 Å². The lowest BCUT2D eigenvalue weighted by Crippen LogP contribution is -2.17. The summed E-state index contributed by atoms with van der Waals surface area (Å²) < 4.78 is 13.8. The van der Waals surface area contributed by atoms with Crippen LogP contribution in [0.4, 0.5) is 4.39 Å². The van der Waals surface area contributed by atoms with Crippen molar-refractivity contribution in [1.29, 1.82) is 0 Å². The highest BCUT2D eigenvalue weighted by Gasteiger charge is 2.27. The summed E-state index contributed by atoms with van der Waals surface area (Å²) in [5, 5.41) is 9.99. The van der Waals surface area contributed by atoms with Crippen LogP contribution in [0.3, 0.4) is 0 Å². The maximum atomic E-state index is 13.8. The van der Waals surface area contributed by atoms with Crippen LogP contribution in [0.5, 0.6) is 0 Å². The zero-order chi connectivity index (χ0) is 14.5. The fraction of sp³-hybridized carbons (Fsp3) is 0.471. The van der Waals surface area contributed by atoms with E-state index in [2.05, 4.69) is 6.92 Å². The summed E-state index contributed by atoms with van der Waals surface area (Å²) in [6.07, 6.45) is 6.62. The molecule has 1 aromatic carbocycles. The van der Waals surface area contributed by atoms with Gasteiger partial charge in [0.05, 0.1) is 0 Å². The highest BCUT2D eigenvalue weighted by molar-refractivity contribution is 6.09. The van der Waals surface area contributed by atoms with Crippen molar-refractivity contribution < 1.29 is 14.3 Å². The molecule has 2 nitrogen and oxygen atoms in total. The first kappa shape index (κ1) is 14.8. The van der Waals surface area contributed by atoms with E-state index < -0.39 is 5.78 Å². The third kappa shape index (κ3) is 3.09. The summed E-state index contributed by atoms with van der Waals surface area (Å²) in [4.78, 5) is 12.0. The van der Waals surface area contributed by atoms with Crippen molar-refractivity contribution in [2.45, 2.75) is 51.9 Å². The highest BCUT2D eigenvalue weighted by Crippen LogP contribution is 2.29. The molecule has 0 spiro atoms. The van der Waals surface area contributed by atoms with E-state index in [9.17, 15) is 14.3 Å². The van der Waals surface area contributed by atoms with Crippen molar-refractivity contribution in [2.75, 3.05) is 0 Å². The van der Waals surface area contributed by atoms with E-state index in [0.717, 1.165) is 12.8 Å². The normalized spacial score (nSPS) is 14.6. The fourth-order valence-corrected chi connectivity index (χ4v) is 2.69. The molecule has 0 atom stereocenters. The predicted octanol–water partition coefficient (Wildman–Crippen LogP) is 4.74. The van der Waals surface area contributed by atoms with Crippen LogP contribution in [-0.2, 0) is 6.42 Å². The molecule has 1 aromatic rings. The number of benzene rings is 1. The number of aliphatic hydroxyl groups is 1. The maximum Gasteiger partial charge on any atom is 0.227 e. The monoisotopic (exact) mass is 276 g/mol. The molecule has 0 aromatic heterocycles. The van der Waals surface area contributed by atoms with Crippen LogP contribution in [0.15, 0.2) is 29.5 Å². The van der Waals surface area contributed by atoms with Gasteiger partial charge in [0.25, 0.3) is 0 Å². The molecule has 3 heteroatoms. The fourth-order valence-electron chi connectivity index (χ4n) is 2.69. The number of ketones is 1. The lowest BCUT2D eigenvalue weighted by molar-refractivity contribution is 0.0968. The minimum absolute atomic E-state index is 0.168. The molecule has 1 aliphatic carbocycles. The predicted molar refractivity (Wildman–Crippen MR) is 77.5 cm³/mol. The van der Waals surface area contributed by atoms with E-state index in [1.165, 1.54) is 31.4 Å². The van der Waals surface area contributed by atoms with Crippen LogP contribution in [0.25, 0.3) is 0 Å². The molecular weight excluding hydrogens is 255 g/mol. The Kier molecular flexibility index (Phi) is 4.94. The summed E-state index contributed by atoms with van der Waals surface area (Å²) in [6.45, 7) is 2.16. The second-order valence-corrected chi connectivity index (χ2v) is 5.39. The van der Waals surface area contributed by atoms with Gasteiger partial charge in [-0.1, -0.05) is 44.7 Å². The number of halogens is 1. The minimum Gasteiger partial charge on any atom is -0.504 e. The van der Waals surface area contributed by atoms with Crippen LogP contribution in [0, 0.1) is 5.82 Å². The Morgan fingerprint density at radius 1 is 1.20 bits per heavy atom. The SMILES string of the molecule is CCCCCCCC1=C(O)C(=O)c2cccc(F)c2C1. The Bertz CT molecular complexity index is 532. The van der Waals surface area contributed by atoms with Gasteiger partial charge in [-0.15, -0.1) is 0 Å². The molecule has 0 unspecified atom stereocenters. The van der Waals surface area contributed by atoms with Crippen molar-refractivity contribution in [2.24, 2.45) is 0 Å². The molecule has 108 valence electrons. The maximum absolute atomic E-state index is 13.8. The Balaban J connectivity index is 2.06. The molecule has 1 aliphatic rings. The Morgan fingerprint density at radius 2 is 1.95 bits per heavy atom. The van der Waals surface area contributed by atoms with Gasteiger partial charge in [0.1, 0.15) is 5.82 Å². The number of aliphatic hydroxyl groups excluding tert-OH is 1. The van der Waals surface area contributed by atoms with E-state index in [-0.39, 0.29) is 11.6 Å². The molecule has 1 N–H and O–H groups in total. The van der Waals surface area contributed by atoms with E-state index in [4.69, 9.17) is 0 Å². The molecule has 0 amide bonds.